The topological polar surface area (TPSA) is 95.5 Å². The second-order valence-corrected chi connectivity index (χ2v) is 7.78. The predicted octanol–water partition coefficient (Wildman–Crippen LogP) is 1.90. The fraction of sp³-hybridized carbons (Fsp3) is 0.318. The number of carboxylic acids is 1. The first-order valence-electron chi connectivity index (χ1n) is 9.30. The van der Waals surface area contributed by atoms with Crippen molar-refractivity contribution in [3.63, 3.8) is 0 Å². The smallest absolute Gasteiger partial charge is 0.325 e. The molecule has 28 heavy (non-hydrogen) atoms. The van der Waals surface area contributed by atoms with E-state index in [4.69, 9.17) is 0 Å². The summed E-state index contributed by atoms with van der Waals surface area (Å²) in [6.45, 7) is 3.88. The van der Waals surface area contributed by atoms with E-state index in [9.17, 15) is 19.5 Å². The van der Waals surface area contributed by atoms with Crippen molar-refractivity contribution >= 4 is 17.8 Å². The van der Waals surface area contributed by atoms with Gasteiger partial charge in [0.15, 0.2) is 0 Å². The molecule has 6 nitrogen and oxygen atoms in total. The molecule has 4 unspecified atom stereocenters. The molecule has 2 fully saturated rings. The SMILES string of the molecule is Cc1ccc(C)c(C2NC(Cc3ccccc3)(C(=O)O)C3C(=O)NC(=O)C23)c1. The molecule has 4 rings (SSSR count). The maximum atomic E-state index is 12.7. The molecule has 2 aromatic carbocycles. The molecule has 0 spiro atoms. The van der Waals surface area contributed by atoms with E-state index >= 15 is 0 Å². The third-order valence-electron chi connectivity index (χ3n) is 5.97. The van der Waals surface area contributed by atoms with Crippen LogP contribution in [0.3, 0.4) is 0 Å². The molecule has 2 aromatic rings. The summed E-state index contributed by atoms with van der Waals surface area (Å²) in [5.41, 5.74) is 2.07. The fourth-order valence-corrected chi connectivity index (χ4v) is 4.64. The van der Waals surface area contributed by atoms with Gasteiger partial charge in [0.25, 0.3) is 0 Å². The Morgan fingerprint density at radius 1 is 1.07 bits per heavy atom. The van der Waals surface area contributed by atoms with Gasteiger partial charge in [-0.3, -0.25) is 25.0 Å². The molecular weight excluding hydrogens is 356 g/mol. The number of carboxylic acid groups (broad SMARTS) is 1. The number of fused-ring (bicyclic) bond motifs is 1. The van der Waals surface area contributed by atoms with Crippen LogP contribution in [0.25, 0.3) is 0 Å². The monoisotopic (exact) mass is 378 g/mol. The van der Waals surface area contributed by atoms with Gasteiger partial charge in [0, 0.05) is 12.5 Å². The van der Waals surface area contributed by atoms with Gasteiger partial charge in [0.1, 0.15) is 5.54 Å². The van der Waals surface area contributed by atoms with Crippen LogP contribution in [0.1, 0.15) is 28.3 Å². The van der Waals surface area contributed by atoms with Gasteiger partial charge in [-0.15, -0.1) is 0 Å². The third-order valence-corrected chi connectivity index (χ3v) is 5.97. The minimum atomic E-state index is -1.55. The van der Waals surface area contributed by atoms with Gasteiger partial charge in [-0.05, 0) is 30.5 Å². The number of nitrogens with one attached hydrogen (secondary N) is 2. The van der Waals surface area contributed by atoms with Crippen molar-refractivity contribution in [3.8, 4) is 0 Å². The quantitative estimate of drug-likeness (QED) is 0.707. The lowest BCUT2D eigenvalue weighted by Gasteiger charge is -2.30. The first kappa shape index (κ1) is 18.4. The largest absolute Gasteiger partial charge is 0.480 e. The Morgan fingerprint density at radius 2 is 1.79 bits per heavy atom. The van der Waals surface area contributed by atoms with Crippen LogP contribution in [0.2, 0.25) is 0 Å². The first-order valence-corrected chi connectivity index (χ1v) is 9.30. The van der Waals surface area contributed by atoms with E-state index < -0.39 is 41.2 Å². The molecule has 0 saturated carbocycles. The molecule has 0 bridgehead atoms. The number of aliphatic carboxylic acids is 1. The first-order chi connectivity index (χ1) is 13.3. The highest BCUT2D eigenvalue weighted by molar-refractivity contribution is 6.09. The van der Waals surface area contributed by atoms with E-state index in [2.05, 4.69) is 10.6 Å². The van der Waals surface area contributed by atoms with Crippen molar-refractivity contribution in [3.05, 3.63) is 70.8 Å². The minimum absolute atomic E-state index is 0.117. The van der Waals surface area contributed by atoms with Crippen molar-refractivity contribution in [2.45, 2.75) is 31.8 Å². The number of aryl methyl sites for hydroxylation is 2. The molecule has 2 saturated heterocycles. The van der Waals surface area contributed by atoms with E-state index in [-0.39, 0.29) is 6.42 Å². The average molecular weight is 378 g/mol. The normalized spacial score (nSPS) is 28.9. The number of benzene rings is 2. The van der Waals surface area contributed by atoms with Crippen LogP contribution in [0.15, 0.2) is 48.5 Å². The van der Waals surface area contributed by atoms with Crippen LogP contribution in [0, 0.1) is 25.7 Å². The number of carbonyl (C=O) groups is 3. The predicted molar refractivity (Wildman–Crippen MR) is 102 cm³/mol. The Hall–Kier alpha value is -2.99. The lowest BCUT2D eigenvalue weighted by atomic mass is 9.76. The summed E-state index contributed by atoms with van der Waals surface area (Å²) < 4.78 is 0. The number of carbonyl (C=O) groups excluding carboxylic acids is 2. The lowest BCUT2D eigenvalue weighted by molar-refractivity contribution is -0.149. The van der Waals surface area contributed by atoms with Gasteiger partial charge < -0.3 is 5.11 Å². The molecule has 0 radical (unpaired) electrons. The Labute approximate surface area is 163 Å². The Morgan fingerprint density at radius 3 is 2.46 bits per heavy atom. The molecule has 4 atom stereocenters. The van der Waals surface area contributed by atoms with Crippen molar-refractivity contribution in [1.82, 2.24) is 10.6 Å². The molecule has 2 heterocycles. The second kappa shape index (κ2) is 6.56. The van der Waals surface area contributed by atoms with Crippen LogP contribution in [-0.2, 0) is 20.8 Å². The Balaban J connectivity index is 1.85. The maximum absolute atomic E-state index is 12.7. The molecule has 2 amide bonds. The van der Waals surface area contributed by atoms with Crippen LogP contribution in [-0.4, -0.2) is 28.4 Å². The molecular formula is C22H22N2O4. The van der Waals surface area contributed by atoms with E-state index in [0.717, 1.165) is 22.3 Å². The molecule has 0 aliphatic carbocycles. The zero-order valence-corrected chi connectivity index (χ0v) is 15.7. The number of amides is 2. The summed E-state index contributed by atoms with van der Waals surface area (Å²) in [6.07, 6.45) is 0.117. The lowest BCUT2D eigenvalue weighted by Crippen LogP contribution is -2.57. The minimum Gasteiger partial charge on any atom is -0.480 e. The number of rotatable bonds is 4. The van der Waals surface area contributed by atoms with Crippen LogP contribution >= 0.6 is 0 Å². The van der Waals surface area contributed by atoms with E-state index in [1.165, 1.54) is 0 Å². The summed E-state index contributed by atoms with van der Waals surface area (Å²) >= 11 is 0. The van der Waals surface area contributed by atoms with Gasteiger partial charge in [-0.25, -0.2) is 0 Å². The van der Waals surface area contributed by atoms with Crippen molar-refractivity contribution in [2.75, 3.05) is 0 Å². The van der Waals surface area contributed by atoms with Crippen molar-refractivity contribution in [2.24, 2.45) is 11.8 Å². The second-order valence-electron chi connectivity index (χ2n) is 7.78. The van der Waals surface area contributed by atoms with Gasteiger partial charge in [0.2, 0.25) is 11.8 Å². The summed E-state index contributed by atoms with van der Waals surface area (Å²) in [4.78, 5) is 37.8. The number of hydrogen-bond acceptors (Lipinski definition) is 4. The van der Waals surface area contributed by atoms with Gasteiger partial charge >= 0.3 is 5.97 Å². The molecule has 6 heteroatoms. The number of imide groups is 1. The van der Waals surface area contributed by atoms with Crippen molar-refractivity contribution in [1.29, 1.82) is 0 Å². The highest BCUT2D eigenvalue weighted by atomic mass is 16.4. The standard InChI is InChI=1S/C22H22N2O4/c1-12-8-9-13(2)15(10-12)18-16-17(20(26)23-19(16)25)22(24-18,21(27)28)11-14-6-4-3-5-7-14/h3-10,16-18,24H,11H2,1-2H3,(H,27,28)(H,23,25,26). The number of hydrogen-bond donors (Lipinski definition) is 3. The van der Waals surface area contributed by atoms with Gasteiger partial charge in [-0.1, -0.05) is 54.1 Å². The highest BCUT2D eigenvalue weighted by Crippen LogP contribution is 2.48. The maximum Gasteiger partial charge on any atom is 0.325 e. The zero-order valence-electron chi connectivity index (χ0n) is 15.7. The van der Waals surface area contributed by atoms with E-state index in [1.54, 1.807) is 0 Å². The van der Waals surface area contributed by atoms with Gasteiger partial charge in [-0.2, -0.15) is 0 Å². The molecule has 2 aliphatic heterocycles. The van der Waals surface area contributed by atoms with Crippen LogP contribution in [0.4, 0.5) is 0 Å². The molecule has 2 aliphatic rings. The molecule has 3 N–H and O–H groups in total. The summed E-state index contributed by atoms with van der Waals surface area (Å²) in [5, 5.41) is 15.8. The van der Waals surface area contributed by atoms with Gasteiger partial charge in [0.05, 0.1) is 11.8 Å². The van der Waals surface area contributed by atoms with E-state index in [0.29, 0.717) is 0 Å². The Bertz CT molecular complexity index is 972. The average Bonchev–Trinajstić information content (AvgIpc) is 3.15. The third kappa shape index (κ3) is 2.72. The van der Waals surface area contributed by atoms with Crippen LogP contribution < -0.4 is 10.6 Å². The summed E-state index contributed by atoms with van der Waals surface area (Å²) in [5.74, 6) is -3.78. The molecule has 144 valence electrons. The van der Waals surface area contributed by atoms with Crippen molar-refractivity contribution < 1.29 is 19.5 Å². The van der Waals surface area contributed by atoms with E-state index in [1.807, 2.05) is 62.4 Å². The highest BCUT2D eigenvalue weighted by Gasteiger charge is 2.66. The molecule has 0 aromatic heterocycles. The summed E-state index contributed by atoms with van der Waals surface area (Å²) in [7, 11) is 0. The fourth-order valence-electron chi connectivity index (χ4n) is 4.64. The van der Waals surface area contributed by atoms with Crippen LogP contribution in [0.5, 0.6) is 0 Å². The zero-order chi connectivity index (χ0) is 20.1. The Kier molecular flexibility index (Phi) is 4.31. The summed E-state index contributed by atoms with van der Waals surface area (Å²) in [6, 6.07) is 14.5.